The minimum atomic E-state index is -4.97. The third-order valence-electron chi connectivity index (χ3n) is 2.80. The lowest BCUT2D eigenvalue weighted by molar-refractivity contribution is -0.174. The molecular weight excluding hydrogens is 261 g/mol. The molecule has 0 saturated heterocycles. The molecule has 106 valence electrons. The normalized spacial score (nSPS) is 16.5. The summed E-state index contributed by atoms with van der Waals surface area (Å²) in [6, 6.07) is 8.43. The Morgan fingerprint density at radius 3 is 2.37 bits per heavy atom. The van der Waals surface area contributed by atoms with Gasteiger partial charge in [-0.05, 0) is 12.5 Å². The molecule has 0 heterocycles. The predicted molar refractivity (Wildman–Crippen MR) is 63.1 cm³/mol. The van der Waals surface area contributed by atoms with Gasteiger partial charge in [0.15, 0.2) is 0 Å². The van der Waals surface area contributed by atoms with E-state index in [-0.39, 0.29) is 0 Å². The maximum absolute atomic E-state index is 12.0. The predicted octanol–water partition coefficient (Wildman–Crippen LogP) is 0.900. The van der Waals surface area contributed by atoms with E-state index in [1.807, 2.05) is 0 Å². The number of carbonyl (C=O) groups is 1. The minimum absolute atomic E-state index is 0.559. The van der Waals surface area contributed by atoms with Crippen LogP contribution in [0.1, 0.15) is 12.5 Å². The fourth-order valence-electron chi connectivity index (χ4n) is 1.49. The number of nitrogens with two attached hydrogens (primary N) is 1. The van der Waals surface area contributed by atoms with E-state index in [2.05, 4.69) is 0 Å². The highest BCUT2D eigenvalue weighted by molar-refractivity contribution is 5.81. The smallest absolute Gasteiger partial charge is 0.389 e. The number of carbonyl (C=O) groups excluding carboxylic acids is 1. The third-order valence-corrected chi connectivity index (χ3v) is 2.80. The van der Waals surface area contributed by atoms with Gasteiger partial charge < -0.3 is 16.2 Å². The van der Waals surface area contributed by atoms with Gasteiger partial charge in [-0.2, -0.15) is 13.2 Å². The van der Waals surface area contributed by atoms with Gasteiger partial charge >= 0.3 is 12.1 Å². The van der Waals surface area contributed by atoms with Crippen molar-refractivity contribution in [3.05, 3.63) is 35.9 Å². The molecule has 7 heteroatoms. The number of halogens is 3. The number of nitrogens with one attached hydrogen (secondary N) is 1. The minimum Gasteiger partial charge on any atom is -0.389 e. The number of amides is 1. The second-order valence-corrected chi connectivity index (χ2v) is 4.37. The van der Waals surface area contributed by atoms with E-state index in [9.17, 15) is 23.1 Å². The summed E-state index contributed by atoms with van der Waals surface area (Å²) in [5.41, 5.74) is 5.19. The molecule has 0 aliphatic carbocycles. The Hall–Kier alpha value is -1.60. The standard InChI is InChI=1S/C12H15F3N2O2/c1-11(16,8-5-3-2-4-6-8)9(18)7-17-10(19)12(13,14)15/h2-6,9,18H,7,16H2,1H3,(H,17,19)/t9-,11-/m0/s1. The zero-order valence-corrected chi connectivity index (χ0v) is 10.2. The highest BCUT2D eigenvalue weighted by Crippen LogP contribution is 2.21. The van der Waals surface area contributed by atoms with Gasteiger partial charge in [-0.25, -0.2) is 0 Å². The summed E-state index contributed by atoms with van der Waals surface area (Å²) >= 11 is 0. The molecule has 19 heavy (non-hydrogen) atoms. The van der Waals surface area contributed by atoms with Crippen LogP contribution in [0, 0.1) is 0 Å². The second-order valence-electron chi connectivity index (χ2n) is 4.37. The Morgan fingerprint density at radius 2 is 1.89 bits per heavy atom. The number of benzene rings is 1. The van der Waals surface area contributed by atoms with Crippen LogP contribution in [0.5, 0.6) is 0 Å². The van der Waals surface area contributed by atoms with Gasteiger partial charge in [-0.1, -0.05) is 30.3 Å². The SMILES string of the molecule is C[C@](N)(c1ccccc1)[C@@H](O)CNC(=O)C(F)(F)F. The molecule has 1 rings (SSSR count). The maximum Gasteiger partial charge on any atom is 0.471 e. The molecule has 0 aliphatic heterocycles. The topological polar surface area (TPSA) is 75.3 Å². The van der Waals surface area contributed by atoms with Crippen molar-refractivity contribution in [1.29, 1.82) is 0 Å². The number of hydrogen-bond donors (Lipinski definition) is 3. The summed E-state index contributed by atoms with van der Waals surface area (Å²) in [5.74, 6) is -2.10. The highest BCUT2D eigenvalue weighted by Gasteiger charge is 2.39. The first-order chi connectivity index (χ1) is 8.65. The molecule has 0 unspecified atom stereocenters. The molecule has 0 radical (unpaired) electrons. The molecule has 0 bridgehead atoms. The summed E-state index contributed by atoms with van der Waals surface area (Å²) in [6.07, 6.45) is -6.32. The molecule has 0 fully saturated rings. The molecule has 1 aromatic carbocycles. The lowest BCUT2D eigenvalue weighted by Crippen LogP contribution is -2.52. The average molecular weight is 276 g/mol. The molecule has 4 N–H and O–H groups in total. The van der Waals surface area contributed by atoms with Crippen LogP contribution in [0.4, 0.5) is 13.2 Å². The van der Waals surface area contributed by atoms with Crippen molar-refractivity contribution >= 4 is 5.91 Å². The molecule has 4 nitrogen and oxygen atoms in total. The summed E-state index contributed by atoms with van der Waals surface area (Å²) in [7, 11) is 0. The van der Waals surface area contributed by atoms with Crippen molar-refractivity contribution in [2.75, 3.05) is 6.54 Å². The fraction of sp³-hybridized carbons (Fsp3) is 0.417. The molecular formula is C12H15F3N2O2. The summed E-state index contributed by atoms with van der Waals surface area (Å²) in [6.45, 7) is 0.896. The van der Waals surface area contributed by atoms with Crippen LogP contribution in [0.15, 0.2) is 30.3 Å². The van der Waals surface area contributed by atoms with E-state index >= 15 is 0 Å². The first-order valence-electron chi connectivity index (χ1n) is 5.53. The highest BCUT2D eigenvalue weighted by atomic mass is 19.4. The molecule has 0 saturated carbocycles. The molecule has 0 aliphatic rings. The van der Waals surface area contributed by atoms with Gasteiger partial charge in [0.05, 0.1) is 11.6 Å². The van der Waals surface area contributed by atoms with Crippen molar-refractivity contribution in [2.24, 2.45) is 5.73 Å². The number of alkyl halides is 3. The first-order valence-corrected chi connectivity index (χ1v) is 5.53. The van der Waals surface area contributed by atoms with Gasteiger partial charge in [0.2, 0.25) is 0 Å². The van der Waals surface area contributed by atoms with Gasteiger partial charge in [0.1, 0.15) is 0 Å². The number of hydrogen-bond acceptors (Lipinski definition) is 3. The first kappa shape index (κ1) is 15.5. The Morgan fingerprint density at radius 1 is 1.37 bits per heavy atom. The zero-order valence-electron chi connectivity index (χ0n) is 10.2. The zero-order chi connectivity index (χ0) is 14.7. The van der Waals surface area contributed by atoms with Gasteiger partial charge in [-0.15, -0.1) is 0 Å². The monoisotopic (exact) mass is 276 g/mol. The van der Waals surface area contributed by atoms with Crippen LogP contribution in [-0.4, -0.2) is 29.8 Å². The van der Waals surface area contributed by atoms with Crippen LogP contribution in [0.25, 0.3) is 0 Å². The van der Waals surface area contributed by atoms with E-state index in [4.69, 9.17) is 5.73 Å². The Labute approximate surface area is 108 Å². The van der Waals surface area contributed by atoms with E-state index in [1.165, 1.54) is 6.92 Å². The molecule has 2 atom stereocenters. The van der Waals surface area contributed by atoms with Crippen LogP contribution in [0.2, 0.25) is 0 Å². The van der Waals surface area contributed by atoms with Crippen LogP contribution < -0.4 is 11.1 Å². The van der Waals surface area contributed by atoms with Crippen LogP contribution in [-0.2, 0) is 10.3 Å². The Balaban J connectivity index is 2.68. The quantitative estimate of drug-likeness (QED) is 0.765. The average Bonchev–Trinajstić information content (AvgIpc) is 2.35. The van der Waals surface area contributed by atoms with E-state index in [1.54, 1.807) is 35.6 Å². The lowest BCUT2D eigenvalue weighted by Gasteiger charge is -2.31. The maximum atomic E-state index is 12.0. The molecule has 0 spiro atoms. The second kappa shape index (κ2) is 5.58. The van der Waals surface area contributed by atoms with Gasteiger partial charge in [0.25, 0.3) is 0 Å². The van der Waals surface area contributed by atoms with Crippen molar-refractivity contribution in [1.82, 2.24) is 5.32 Å². The Kier molecular flexibility index (Phi) is 4.54. The number of rotatable bonds is 4. The van der Waals surface area contributed by atoms with E-state index < -0.39 is 30.3 Å². The summed E-state index contributed by atoms with van der Waals surface area (Å²) in [4.78, 5) is 10.6. The van der Waals surface area contributed by atoms with Crippen molar-refractivity contribution in [3.63, 3.8) is 0 Å². The number of aliphatic hydroxyl groups excluding tert-OH is 1. The van der Waals surface area contributed by atoms with Crippen LogP contribution in [0.3, 0.4) is 0 Å². The number of aliphatic hydroxyl groups is 1. The largest absolute Gasteiger partial charge is 0.471 e. The summed E-state index contributed by atoms with van der Waals surface area (Å²) in [5, 5.41) is 11.4. The lowest BCUT2D eigenvalue weighted by atomic mass is 9.87. The molecule has 0 aromatic heterocycles. The van der Waals surface area contributed by atoms with Crippen molar-refractivity contribution < 1.29 is 23.1 Å². The van der Waals surface area contributed by atoms with Crippen molar-refractivity contribution in [3.8, 4) is 0 Å². The Bertz CT molecular complexity index is 432. The third kappa shape index (κ3) is 3.93. The summed E-state index contributed by atoms with van der Waals surface area (Å²) < 4.78 is 36.0. The molecule has 1 amide bonds. The van der Waals surface area contributed by atoms with Crippen LogP contribution >= 0.6 is 0 Å². The molecule has 1 aromatic rings. The van der Waals surface area contributed by atoms with Gasteiger partial charge in [0, 0.05) is 6.54 Å². The van der Waals surface area contributed by atoms with E-state index in [0.29, 0.717) is 5.56 Å². The van der Waals surface area contributed by atoms with Crippen molar-refractivity contribution in [2.45, 2.75) is 24.7 Å². The van der Waals surface area contributed by atoms with E-state index in [0.717, 1.165) is 0 Å². The van der Waals surface area contributed by atoms with Gasteiger partial charge in [-0.3, -0.25) is 4.79 Å². The fourth-order valence-corrected chi connectivity index (χ4v) is 1.49.